The van der Waals surface area contributed by atoms with Gasteiger partial charge in [0.2, 0.25) is 0 Å². The first-order chi connectivity index (χ1) is 10.0. The summed E-state index contributed by atoms with van der Waals surface area (Å²) in [5.74, 6) is -0.718. The van der Waals surface area contributed by atoms with Gasteiger partial charge >= 0.3 is 12.0 Å². The maximum atomic E-state index is 12.2. The fourth-order valence-electron chi connectivity index (χ4n) is 2.70. The van der Waals surface area contributed by atoms with Gasteiger partial charge in [-0.05, 0) is 24.0 Å². The lowest BCUT2D eigenvalue weighted by atomic mass is 9.97. The summed E-state index contributed by atoms with van der Waals surface area (Å²) in [5.41, 5.74) is 3.17. The summed E-state index contributed by atoms with van der Waals surface area (Å²) in [6.07, 6.45) is 1.87. The van der Waals surface area contributed by atoms with E-state index in [1.54, 1.807) is 4.90 Å². The standard InChI is InChI=1S/C16H22N2O3/c1-3-12-6-5-7-13(4-2)15(12)17-16(21)18-9-11(10-18)8-14(19)20/h5-7,11H,3-4,8-10H2,1-2H3,(H,17,21)(H,19,20). The molecule has 0 aromatic heterocycles. The van der Waals surface area contributed by atoms with Crippen LogP contribution in [0.1, 0.15) is 31.4 Å². The number of urea groups is 1. The zero-order valence-corrected chi connectivity index (χ0v) is 12.6. The van der Waals surface area contributed by atoms with Crippen molar-refractivity contribution < 1.29 is 14.7 Å². The van der Waals surface area contributed by atoms with E-state index >= 15 is 0 Å². The van der Waals surface area contributed by atoms with Crippen molar-refractivity contribution in [3.63, 3.8) is 0 Å². The summed E-state index contributed by atoms with van der Waals surface area (Å²) in [6, 6.07) is 5.93. The number of para-hydroxylation sites is 1. The van der Waals surface area contributed by atoms with Crippen LogP contribution in [0, 0.1) is 5.92 Å². The fraction of sp³-hybridized carbons (Fsp3) is 0.500. The highest BCUT2D eigenvalue weighted by Crippen LogP contribution is 2.25. The lowest BCUT2D eigenvalue weighted by Gasteiger charge is -2.38. The van der Waals surface area contributed by atoms with Crippen LogP contribution in [-0.2, 0) is 17.6 Å². The topological polar surface area (TPSA) is 69.6 Å². The number of amides is 2. The molecule has 0 atom stereocenters. The Bertz CT molecular complexity index is 514. The molecule has 1 heterocycles. The molecule has 0 aliphatic carbocycles. The van der Waals surface area contributed by atoms with Crippen LogP contribution < -0.4 is 5.32 Å². The number of nitrogens with one attached hydrogen (secondary N) is 1. The van der Waals surface area contributed by atoms with Gasteiger partial charge in [-0.2, -0.15) is 0 Å². The van der Waals surface area contributed by atoms with Crippen LogP contribution >= 0.6 is 0 Å². The molecule has 5 heteroatoms. The molecule has 2 rings (SSSR count). The predicted molar refractivity (Wildman–Crippen MR) is 81.5 cm³/mol. The van der Waals surface area contributed by atoms with Crippen LogP contribution in [0.5, 0.6) is 0 Å². The molecule has 1 aliphatic rings. The third-order valence-corrected chi connectivity index (χ3v) is 3.94. The van der Waals surface area contributed by atoms with Gasteiger partial charge in [0.1, 0.15) is 0 Å². The number of anilines is 1. The Morgan fingerprint density at radius 2 is 1.81 bits per heavy atom. The Morgan fingerprint density at radius 3 is 2.29 bits per heavy atom. The average Bonchev–Trinajstić information content (AvgIpc) is 2.42. The molecule has 1 saturated heterocycles. The molecule has 114 valence electrons. The van der Waals surface area contributed by atoms with Gasteiger partial charge in [-0.25, -0.2) is 4.79 Å². The molecule has 1 aliphatic heterocycles. The second kappa shape index (κ2) is 6.61. The van der Waals surface area contributed by atoms with E-state index in [1.165, 1.54) is 0 Å². The van der Waals surface area contributed by atoms with Crippen molar-refractivity contribution in [1.82, 2.24) is 4.90 Å². The second-order valence-electron chi connectivity index (χ2n) is 5.46. The van der Waals surface area contributed by atoms with Crippen LogP contribution in [0.15, 0.2) is 18.2 Å². The summed E-state index contributed by atoms with van der Waals surface area (Å²) < 4.78 is 0. The van der Waals surface area contributed by atoms with Crippen molar-refractivity contribution in [1.29, 1.82) is 0 Å². The molecule has 0 bridgehead atoms. The van der Waals surface area contributed by atoms with Gasteiger partial charge in [-0.3, -0.25) is 4.79 Å². The van der Waals surface area contributed by atoms with Crippen molar-refractivity contribution >= 4 is 17.7 Å². The summed E-state index contributed by atoms with van der Waals surface area (Å²) in [5, 5.41) is 11.7. The van der Waals surface area contributed by atoms with Crippen LogP contribution in [-0.4, -0.2) is 35.1 Å². The summed E-state index contributed by atoms with van der Waals surface area (Å²) in [7, 11) is 0. The first kappa shape index (κ1) is 15.4. The molecule has 0 saturated carbocycles. The van der Waals surface area contributed by atoms with E-state index in [9.17, 15) is 9.59 Å². The number of hydrogen-bond acceptors (Lipinski definition) is 2. The molecule has 5 nitrogen and oxygen atoms in total. The number of hydrogen-bond donors (Lipinski definition) is 2. The van der Waals surface area contributed by atoms with Crippen molar-refractivity contribution in [3.05, 3.63) is 29.3 Å². The quantitative estimate of drug-likeness (QED) is 0.876. The van der Waals surface area contributed by atoms with Gasteiger partial charge in [-0.1, -0.05) is 32.0 Å². The molecular formula is C16H22N2O3. The first-order valence-corrected chi connectivity index (χ1v) is 7.43. The van der Waals surface area contributed by atoms with E-state index in [4.69, 9.17) is 5.11 Å². The molecule has 0 radical (unpaired) electrons. The molecule has 2 N–H and O–H groups in total. The van der Waals surface area contributed by atoms with Gasteiger partial charge in [0, 0.05) is 24.7 Å². The highest BCUT2D eigenvalue weighted by molar-refractivity contribution is 5.91. The Hall–Kier alpha value is -2.04. The third kappa shape index (κ3) is 3.54. The van der Waals surface area contributed by atoms with Gasteiger partial charge in [0.25, 0.3) is 0 Å². The second-order valence-corrected chi connectivity index (χ2v) is 5.46. The number of aliphatic carboxylic acids is 1. The zero-order chi connectivity index (χ0) is 15.4. The van der Waals surface area contributed by atoms with Gasteiger partial charge < -0.3 is 15.3 Å². The normalized spacial score (nSPS) is 14.7. The predicted octanol–water partition coefficient (Wildman–Crippen LogP) is 2.75. The molecule has 1 fully saturated rings. The number of benzene rings is 1. The molecule has 21 heavy (non-hydrogen) atoms. The van der Waals surface area contributed by atoms with Crippen molar-refractivity contribution in [2.45, 2.75) is 33.1 Å². The largest absolute Gasteiger partial charge is 0.481 e. The molecule has 0 spiro atoms. The molecule has 0 unspecified atom stereocenters. The third-order valence-electron chi connectivity index (χ3n) is 3.94. The van der Waals surface area contributed by atoms with E-state index in [1.807, 2.05) is 18.2 Å². The minimum Gasteiger partial charge on any atom is -0.481 e. The molecular weight excluding hydrogens is 268 g/mol. The van der Waals surface area contributed by atoms with E-state index in [2.05, 4.69) is 19.2 Å². The fourth-order valence-corrected chi connectivity index (χ4v) is 2.70. The van der Waals surface area contributed by atoms with E-state index in [0.29, 0.717) is 13.1 Å². The lowest BCUT2D eigenvalue weighted by Crippen LogP contribution is -2.52. The van der Waals surface area contributed by atoms with Crippen LogP contribution in [0.4, 0.5) is 10.5 Å². The van der Waals surface area contributed by atoms with Crippen molar-refractivity contribution in [2.75, 3.05) is 18.4 Å². The number of carboxylic acids is 1. The van der Waals surface area contributed by atoms with Gasteiger partial charge in [0.15, 0.2) is 0 Å². The Balaban J connectivity index is 1.99. The summed E-state index contributed by atoms with van der Waals surface area (Å²) in [4.78, 5) is 24.5. The van der Waals surface area contributed by atoms with Crippen LogP contribution in [0.3, 0.4) is 0 Å². The lowest BCUT2D eigenvalue weighted by molar-refractivity contribution is -0.139. The monoisotopic (exact) mass is 290 g/mol. The van der Waals surface area contributed by atoms with E-state index < -0.39 is 5.97 Å². The van der Waals surface area contributed by atoms with E-state index in [0.717, 1.165) is 29.7 Å². The number of aryl methyl sites for hydroxylation is 2. The highest BCUT2D eigenvalue weighted by atomic mass is 16.4. The maximum absolute atomic E-state index is 12.2. The molecule has 1 aromatic carbocycles. The van der Waals surface area contributed by atoms with Crippen LogP contribution in [0.2, 0.25) is 0 Å². The SMILES string of the molecule is CCc1cccc(CC)c1NC(=O)N1CC(CC(=O)O)C1. The molecule has 2 amide bonds. The number of carbonyl (C=O) groups excluding carboxylic acids is 1. The Kier molecular flexibility index (Phi) is 4.83. The molecule has 1 aromatic rings. The Morgan fingerprint density at radius 1 is 1.24 bits per heavy atom. The van der Waals surface area contributed by atoms with Crippen molar-refractivity contribution in [2.24, 2.45) is 5.92 Å². The van der Waals surface area contributed by atoms with Crippen molar-refractivity contribution in [3.8, 4) is 0 Å². The average molecular weight is 290 g/mol. The number of carbonyl (C=O) groups is 2. The highest BCUT2D eigenvalue weighted by Gasteiger charge is 2.32. The smallest absolute Gasteiger partial charge is 0.321 e. The number of rotatable bonds is 5. The van der Waals surface area contributed by atoms with Crippen LogP contribution in [0.25, 0.3) is 0 Å². The minimum absolute atomic E-state index is 0.0836. The number of nitrogens with zero attached hydrogens (tertiary/aromatic N) is 1. The Labute approximate surface area is 125 Å². The maximum Gasteiger partial charge on any atom is 0.321 e. The van der Waals surface area contributed by atoms with Gasteiger partial charge in [-0.15, -0.1) is 0 Å². The van der Waals surface area contributed by atoms with Gasteiger partial charge in [0.05, 0.1) is 6.42 Å². The summed E-state index contributed by atoms with van der Waals surface area (Å²) in [6.45, 7) is 5.18. The number of carboxylic acid groups (broad SMARTS) is 1. The zero-order valence-electron chi connectivity index (χ0n) is 12.6. The van der Waals surface area contributed by atoms with E-state index in [-0.39, 0.29) is 18.4 Å². The minimum atomic E-state index is -0.801. The first-order valence-electron chi connectivity index (χ1n) is 7.43. The number of likely N-dealkylation sites (tertiary alicyclic amines) is 1. The summed E-state index contributed by atoms with van der Waals surface area (Å²) >= 11 is 0.